The van der Waals surface area contributed by atoms with Crippen LogP contribution in [0.3, 0.4) is 0 Å². The molecule has 0 bridgehead atoms. The zero-order chi connectivity index (χ0) is 12.3. The SMILES string of the molecule is COCCn1ncc(Br)c1C(NN)C1CCC1. The Labute approximate surface area is 110 Å². The first-order valence-electron chi connectivity index (χ1n) is 5.94. The number of nitrogens with one attached hydrogen (secondary N) is 1. The van der Waals surface area contributed by atoms with Gasteiger partial charge < -0.3 is 4.74 Å². The van der Waals surface area contributed by atoms with Gasteiger partial charge in [0.2, 0.25) is 0 Å². The van der Waals surface area contributed by atoms with E-state index in [1.807, 2.05) is 10.9 Å². The second kappa shape index (κ2) is 5.95. The van der Waals surface area contributed by atoms with Crippen molar-refractivity contribution >= 4 is 15.9 Å². The van der Waals surface area contributed by atoms with Crippen molar-refractivity contribution in [1.82, 2.24) is 15.2 Å². The maximum Gasteiger partial charge on any atom is 0.0713 e. The van der Waals surface area contributed by atoms with E-state index in [0.717, 1.165) is 16.7 Å². The van der Waals surface area contributed by atoms with Crippen molar-refractivity contribution in [2.75, 3.05) is 13.7 Å². The number of rotatable bonds is 6. The molecule has 1 fully saturated rings. The highest BCUT2D eigenvalue weighted by molar-refractivity contribution is 9.10. The number of hydrogen-bond donors (Lipinski definition) is 2. The summed E-state index contributed by atoms with van der Waals surface area (Å²) in [7, 11) is 1.70. The molecule has 1 saturated carbocycles. The molecule has 1 aliphatic carbocycles. The lowest BCUT2D eigenvalue weighted by molar-refractivity contribution is 0.176. The predicted octanol–water partition coefficient (Wildman–Crippen LogP) is 1.60. The minimum absolute atomic E-state index is 0.178. The Morgan fingerprint density at radius 2 is 2.47 bits per heavy atom. The van der Waals surface area contributed by atoms with E-state index in [4.69, 9.17) is 10.6 Å². The van der Waals surface area contributed by atoms with Crippen LogP contribution in [0.15, 0.2) is 10.7 Å². The molecule has 0 amide bonds. The van der Waals surface area contributed by atoms with Crippen molar-refractivity contribution in [2.45, 2.75) is 31.8 Å². The lowest BCUT2D eigenvalue weighted by atomic mass is 9.79. The number of methoxy groups -OCH3 is 1. The van der Waals surface area contributed by atoms with Crippen molar-refractivity contribution in [1.29, 1.82) is 0 Å². The summed E-state index contributed by atoms with van der Waals surface area (Å²) < 4.78 is 8.08. The van der Waals surface area contributed by atoms with Gasteiger partial charge in [-0.05, 0) is 34.7 Å². The highest BCUT2D eigenvalue weighted by Gasteiger charge is 2.31. The summed E-state index contributed by atoms with van der Waals surface area (Å²) in [4.78, 5) is 0. The van der Waals surface area contributed by atoms with Gasteiger partial charge in [0.15, 0.2) is 0 Å². The molecule has 2 rings (SSSR count). The molecule has 1 aromatic rings. The monoisotopic (exact) mass is 302 g/mol. The van der Waals surface area contributed by atoms with Gasteiger partial charge in [-0.15, -0.1) is 0 Å². The van der Waals surface area contributed by atoms with Crippen LogP contribution < -0.4 is 11.3 Å². The van der Waals surface area contributed by atoms with Gasteiger partial charge in [0.1, 0.15) is 0 Å². The molecule has 1 atom stereocenters. The summed E-state index contributed by atoms with van der Waals surface area (Å²) in [5.41, 5.74) is 4.07. The molecule has 96 valence electrons. The average molecular weight is 303 g/mol. The van der Waals surface area contributed by atoms with Crippen LogP contribution in [0.4, 0.5) is 0 Å². The third-order valence-electron chi connectivity index (χ3n) is 3.44. The molecule has 6 heteroatoms. The van der Waals surface area contributed by atoms with Gasteiger partial charge in [0, 0.05) is 7.11 Å². The van der Waals surface area contributed by atoms with Gasteiger partial charge in [0.25, 0.3) is 0 Å². The van der Waals surface area contributed by atoms with Crippen LogP contribution in [0.5, 0.6) is 0 Å². The van der Waals surface area contributed by atoms with E-state index in [-0.39, 0.29) is 6.04 Å². The fourth-order valence-electron chi connectivity index (χ4n) is 2.25. The first kappa shape index (κ1) is 13.0. The van der Waals surface area contributed by atoms with E-state index in [9.17, 15) is 0 Å². The molecule has 0 spiro atoms. The molecule has 3 N–H and O–H groups in total. The van der Waals surface area contributed by atoms with Crippen LogP contribution in [0.25, 0.3) is 0 Å². The van der Waals surface area contributed by atoms with Crippen LogP contribution in [0, 0.1) is 5.92 Å². The first-order chi connectivity index (χ1) is 8.27. The summed E-state index contributed by atoms with van der Waals surface area (Å²) in [5, 5.41) is 4.36. The summed E-state index contributed by atoms with van der Waals surface area (Å²) in [6, 6.07) is 0.178. The number of nitrogens with two attached hydrogens (primary N) is 1. The minimum Gasteiger partial charge on any atom is -0.383 e. The molecule has 1 heterocycles. The maximum atomic E-state index is 5.70. The number of hydrazine groups is 1. The van der Waals surface area contributed by atoms with Crippen molar-refractivity contribution in [3.8, 4) is 0 Å². The highest BCUT2D eigenvalue weighted by Crippen LogP contribution is 2.39. The van der Waals surface area contributed by atoms with Gasteiger partial charge in [0.05, 0.1) is 35.6 Å². The molecular formula is C11H19BrN4O. The Balaban J connectivity index is 2.18. The molecule has 0 saturated heterocycles. The molecule has 1 aromatic heterocycles. The Morgan fingerprint density at radius 1 is 1.71 bits per heavy atom. The number of hydrogen-bond acceptors (Lipinski definition) is 4. The van der Waals surface area contributed by atoms with E-state index in [0.29, 0.717) is 12.5 Å². The van der Waals surface area contributed by atoms with E-state index >= 15 is 0 Å². The maximum absolute atomic E-state index is 5.70. The molecule has 17 heavy (non-hydrogen) atoms. The van der Waals surface area contributed by atoms with Gasteiger partial charge in [-0.25, -0.2) is 0 Å². The lowest BCUT2D eigenvalue weighted by Gasteiger charge is -2.33. The average Bonchev–Trinajstić information content (AvgIpc) is 2.62. The van der Waals surface area contributed by atoms with Crippen LogP contribution in [0.2, 0.25) is 0 Å². The molecule has 0 aromatic carbocycles. The molecular weight excluding hydrogens is 284 g/mol. The van der Waals surface area contributed by atoms with Crippen LogP contribution >= 0.6 is 15.9 Å². The third-order valence-corrected chi connectivity index (χ3v) is 4.05. The second-order valence-electron chi connectivity index (χ2n) is 4.43. The lowest BCUT2D eigenvalue weighted by Crippen LogP contribution is -2.38. The number of ether oxygens (including phenoxy) is 1. The second-order valence-corrected chi connectivity index (χ2v) is 5.28. The Hall–Kier alpha value is -0.430. The van der Waals surface area contributed by atoms with Crippen molar-refractivity contribution < 1.29 is 4.74 Å². The fraction of sp³-hybridized carbons (Fsp3) is 0.727. The zero-order valence-electron chi connectivity index (χ0n) is 10.0. The van der Waals surface area contributed by atoms with Gasteiger partial charge in [-0.3, -0.25) is 16.0 Å². The van der Waals surface area contributed by atoms with Gasteiger partial charge >= 0.3 is 0 Å². The number of nitrogens with zero attached hydrogens (tertiary/aromatic N) is 2. The molecule has 5 nitrogen and oxygen atoms in total. The normalized spacial score (nSPS) is 18.1. The van der Waals surface area contributed by atoms with Crippen LogP contribution in [-0.2, 0) is 11.3 Å². The smallest absolute Gasteiger partial charge is 0.0713 e. The topological polar surface area (TPSA) is 65.1 Å². The molecule has 0 radical (unpaired) electrons. The van der Waals surface area contributed by atoms with E-state index in [1.54, 1.807) is 7.11 Å². The summed E-state index contributed by atoms with van der Waals surface area (Å²) in [6.07, 6.45) is 5.59. The summed E-state index contributed by atoms with van der Waals surface area (Å²) in [6.45, 7) is 1.41. The Bertz CT molecular complexity index is 364. The number of halogens is 1. The minimum atomic E-state index is 0.178. The molecule has 1 aliphatic rings. The van der Waals surface area contributed by atoms with Crippen LogP contribution in [0.1, 0.15) is 31.0 Å². The third kappa shape index (κ3) is 2.70. The van der Waals surface area contributed by atoms with Crippen molar-refractivity contribution in [2.24, 2.45) is 11.8 Å². The standard InChI is InChI=1S/C11H19BrN4O/c1-17-6-5-16-11(9(12)7-14-16)10(15-13)8-3-2-4-8/h7-8,10,15H,2-6,13H2,1H3. The fourth-order valence-corrected chi connectivity index (χ4v) is 2.79. The van der Waals surface area contributed by atoms with Crippen molar-refractivity contribution in [3.63, 3.8) is 0 Å². The number of aromatic nitrogens is 2. The van der Waals surface area contributed by atoms with Gasteiger partial charge in [-0.2, -0.15) is 5.10 Å². The molecule has 0 aliphatic heterocycles. The highest BCUT2D eigenvalue weighted by atomic mass is 79.9. The van der Waals surface area contributed by atoms with E-state index < -0.39 is 0 Å². The van der Waals surface area contributed by atoms with Crippen LogP contribution in [-0.4, -0.2) is 23.5 Å². The zero-order valence-corrected chi connectivity index (χ0v) is 11.6. The molecule has 1 unspecified atom stereocenters. The first-order valence-corrected chi connectivity index (χ1v) is 6.73. The van der Waals surface area contributed by atoms with Gasteiger partial charge in [-0.1, -0.05) is 6.42 Å². The van der Waals surface area contributed by atoms with E-state index in [2.05, 4.69) is 26.5 Å². The Morgan fingerprint density at radius 3 is 3.00 bits per heavy atom. The predicted molar refractivity (Wildman–Crippen MR) is 69.2 cm³/mol. The summed E-state index contributed by atoms with van der Waals surface area (Å²) >= 11 is 3.55. The van der Waals surface area contributed by atoms with Crippen molar-refractivity contribution in [3.05, 3.63) is 16.4 Å². The van der Waals surface area contributed by atoms with E-state index in [1.165, 1.54) is 19.3 Å². The quantitative estimate of drug-likeness (QED) is 0.619. The Kier molecular flexibility index (Phi) is 4.55. The summed E-state index contributed by atoms with van der Waals surface area (Å²) in [5.74, 6) is 6.32. The largest absolute Gasteiger partial charge is 0.383 e.